The van der Waals surface area contributed by atoms with Gasteiger partial charge in [-0.1, -0.05) is 42.6 Å². The zero-order chi connectivity index (χ0) is 13.0. The third kappa shape index (κ3) is 2.98. The van der Waals surface area contributed by atoms with Gasteiger partial charge < -0.3 is 0 Å². The molecule has 18 heavy (non-hydrogen) atoms. The molecule has 0 saturated heterocycles. The summed E-state index contributed by atoms with van der Waals surface area (Å²) >= 11 is 3.72. The van der Waals surface area contributed by atoms with E-state index in [0.717, 1.165) is 11.8 Å². The third-order valence-electron chi connectivity index (χ3n) is 4.48. The second-order valence-corrected chi connectivity index (χ2v) is 6.34. The van der Waals surface area contributed by atoms with Gasteiger partial charge in [0, 0.05) is 11.5 Å². The number of alkyl halides is 1. The number of halogens is 1. The van der Waals surface area contributed by atoms with Crippen LogP contribution in [0.3, 0.4) is 0 Å². The van der Waals surface area contributed by atoms with Gasteiger partial charge in [0.2, 0.25) is 0 Å². The second kappa shape index (κ2) is 6.23. The SMILES string of the molecule is CCC(CC)n1ccc(CC2(CBr)CCCC2)n1. The maximum Gasteiger partial charge on any atom is 0.0630 e. The van der Waals surface area contributed by atoms with Crippen molar-refractivity contribution in [2.75, 3.05) is 5.33 Å². The summed E-state index contributed by atoms with van der Waals surface area (Å²) in [7, 11) is 0. The second-order valence-electron chi connectivity index (χ2n) is 5.77. The van der Waals surface area contributed by atoms with Crippen LogP contribution in [0.25, 0.3) is 0 Å². The summed E-state index contributed by atoms with van der Waals surface area (Å²) in [5, 5.41) is 5.93. The van der Waals surface area contributed by atoms with E-state index in [1.54, 1.807) is 0 Å². The van der Waals surface area contributed by atoms with E-state index in [9.17, 15) is 0 Å². The molecule has 0 radical (unpaired) electrons. The highest BCUT2D eigenvalue weighted by molar-refractivity contribution is 9.09. The van der Waals surface area contributed by atoms with Crippen molar-refractivity contribution in [3.8, 4) is 0 Å². The predicted octanol–water partition coefficient (Wildman–Crippen LogP) is 4.74. The van der Waals surface area contributed by atoms with Crippen LogP contribution in [-0.2, 0) is 6.42 Å². The van der Waals surface area contributed by atoms with Crippen molar-refractivity contribution < 1.29 is 0 Å². The molecule has 1 aromatic rings. The third-order valence-corrected chi connectivity index (χ3v) is 5.67. The molecule has 0 bridgehead atoms. The van der Waals surface area contributed by atoms with Crippen molar-refractivity contribution in [2.45, 2.75) is 64.8 Å². The molecule has 1 aliphatic rings. The fourth-order valence-corrected chi connectivity index (χ4v) is 3.96. The van der Waals surface area contributed by atoms with Crippen LogP contribution >= 0.6 is 15.9 Å². The highest BCUT2D eigenvalue weighted by Gasteiger charge is 2.33. The van der Waals surface area contributed by atoms with Crippen LogP contribution in [0.1, 0.15) is 64.1 Å². The Kier molecular flexibility index (Phi) is 4.88. The zero-order valence-electron chi connectivity index (χ0n) is 11.7. The Bertz CT molecular complexity index is 362. The minimum atomic E-state index is 0.479. The Morgan fingerprint density at radius 1 is 1.33 bits per heavy atom. The summed E-state index contributed by atoms with van der Waals surface area (Å²) in [6.45, 7) is 4.49. The molecule has 0 aromatic carbocycles. The molecule has 0 unspecified atom stereocenters. The van der Waals surface area contributed by atoms with Crippen LogP contribution in [0, 0.1) is 5.41 Å². The van der Waals surface area contributed by atoms with Crippen molar-refractivity contribution in [1.29, 1.82) is 0 Å². The van der Waals surface area contributed by atoms with Crippen LogP contribution < -0.4 is 0 Å². The zero-order valence-corrected chi connectivity index (χ0v) is 13.2. The Balaban J connectivity index is 2.06. The van der Waals surface area contributed by atoms with Crippen molar-refractivity contribution in [3.63, 3.8) is 0 Å². The van der Waals surface area contributed by atoms with Crippen molar-refractivity contribution in [2.24, 2.45) is 5.41 Å². The van der Waals surface area contributed by atoms with Crippen molar-refractivity contribution >= 4 is 15.9 Å². The molecule has 0 aliphatic heterocycles. The molecule has 0 atom stereocenters. The molecule has 1 saturated carbocycles. The highest BCUT2D eigenvalue weighted by Crippen LogP contribution is 2.42. The summed E-state index contributed by atoms with van der Waals surface area (Å²) in [4.78, 5) is 0. The van der Waals surface area contributed by atoms with Gasteiger partial charge in [0.1, 0.15) is 0 Å². The van der Waals surface area contributed by atoms with Crippen LogP contribution in [0.15, 0.2) is 12.3 Å². The van der Waals surface area contributed by atoms with E-state index in [4.69, 9.17) is 5.10 Å². The number of hydrogen-bond donors (Lipinski definition) is 0. The number of rotatable bonds is 6. The molecule has 1 heterocycles. The standard InChI is InChI=1S/C15H25BrN2/c1-3-14(4-2)18-10-7-13(17-18)11-15(12-16)8-5-6-9-15/h7,10,14H,3-6,8-9,11-12H2,1-2H3. The predicted molar refractivity (Wildman–Crippen MR) is 80.2 cm³/mol. The first-order valence-corrected chi connectivity index (χ1v) is 8.45. The van der Waals surface area contributed by atoms with E-state index < -0.39 is 0 Å². The Morgan fingerprint density at radius 3 is 2.56 bits per heavy atom. The van der Waals surface area contributed by atoms with Crippen LogP contribution in [-0.4, -0.2) is 15.1 Å². The molecule has 3 heteroatoms. The van der Waals surface area contributed by atoms with Gasteiger partial charge in [-0.15, -0.1) is 0 Å². The van der Waals surface area contributed by atoms with Crippen LogP contribution in [0.5, 0.6) is 0 Å². The average molecular weight is 313 g/mol. The lowest BCUT2D eigenvalue weighted by Gasteiger charge is -2.25. The maximum absolute atomic E-state index is 4.80. The fraction of sp³-hybridized carbons (Fsp3) is 0.800. The minimum absolute atomic E-state index is 0.479. The molecule has 2 rings (SSSR count). The van der Waals surface area contributed by atoms with E-state index in [0.29, 0.717) is 11.5 Å². The molecule has 0 N–H and O–H groups in total. The van der Waals surface area contributed by atoms with E-state index in [-0.39, 0.29) is 0 Å². The molecule has 2 nitrogen and oxygen atoms in total. The van der Waals surface area contributed by atoms with Gasteiger partial charge in [-0.25, -0.2) is 0 Å². The van der Waals surface area contributed by atoms with Gasteiger partial charge in [0.05, 0.1) is 11.7 Å². The van der Waals surface area contributed by atoms with E-state index in [1.165, 1.54) is 44.2 Å². The van der Waals surface area contributed by atoms with Crippen LogP contribution in [0.4, 0.5) is 0 Å². The Labute approximate surface area is 119 Å². The van der Waals surface area contributed by atoms with Gasteiger partial charge in [-0.3, -0.25) is 4.68 Å². The summed E-state index contributed by atoms with van der Waals surface area (Å²) < 4.78 is 2.17. The van der Waals surface area contributed by atoms with Gasteiger partial charge in [0.25, 0.3) is 0 Å². The lowest BCUT2D eigenvalue weighted by atomic mass is 9.84. The lowest BCUT2D eigenvalue weighted by Crippen LogP contribution is -2.22. The first-order chi connectivity index (χ1) is 8.73. The summed E-state index contributed by atoms with van der Waals surface area (Å²) in [5.74, 6) is 0. The van der Waals surface area contributed by atoms with Gasteiger partial charge in [0.15, 0.2) is 0 Å². The topological polar surface area (TPSA) is 17.8 Å². The van der Waals surface area contributed by atoms with E-state index >= 15 is 0 Å². The number of aromatic nitrogens is 2. The molecule has 0 spiro atoms. The molecular weight excluding hydrogens is 288 g/mol. The molecular formula is C15H25BrN2. The average Bonchev–Trinajstić information content (AvgIpc) is 3.02. The molecule has 102 valence electrons. The summed E-state index contributed by atoms with van der Waals surface area (Å²) in [6, 6.07) is 2.79. The summed E-state index contributed by atoms with van der Waals surface area (Å²) in [5.41, 5.74) is 1.76. The van der Waals surface area contributed by atoms with Crippen LogP contribution in [0.2, 0.25) is 0 Å². The molecule has 1 aromatic heterocycles. The van der Waals surface area contributed by atoms with Crippen molar-refractivity contribution in [1.82, 2.24) is 9.78 Å². The van der Waals surface area contributed by atoms with E-state index in [1.807, 2.05) is 0 Å². The van der Waals surface area contributed by atoms with Gasteiger partial charge in [-0.2, -0.15) is 5.10 Å². The normalized spacial score (nSPS) is 18.7. The number of nitrogens with zero attached hydrogens (tertiary/aromatic N) is 2. The highest BCUT2D eigenvalue weighted by atomic mass is 79.9. The lowest BCUT2D eigenvalue weighted by molar-refractivity contribution is 0.338. The monoisotopic (exact) mass is 312 g/mol. The smallest absolute Gasteiger partial charge is 0.0630 e. The van der Waals surface area contributed by atoms with Gasteiger partial charge >= 0.3 is 0 Å². The van der Waals surface area contributed by atoms with Gasteiger partial charge in [-0.05, 0) is 43.6 Å². The maximum atomic E-state index is 4.80. The quantitative estimate of drug-likeness (QED) is 0.694. The number of hydrogen-bond acceptors (Lipinski definition) is 1. The minimum Gasteiger partial charge on any atom is -0.269 e. The molecule has 0 amide bonds. The Morgan fingerprint density at radius 2 is 2.00 bits per heavy atom. The summed E-state index contributed by atoms with van der Waals surface area (Å²) in [6.07, 6.45) is 11.1. The Hall–Kier alpha value is -0.310. The molecule has 1 aliphatic carbocycles. The first-order valence-electron chi connectivity index (χ1n) is 7.33. The van der Waals surface area contributed by atoms with Crippen molar-refractivity contribution in [3.05, 3.63) is 18.0 Å². The largest absolute Gasteiger partial charge is 0.269 e. The molecule has 1 fully saturated rings. The van der Waals surface area contributed by atoms with E-state index in [2.05, 4.69) is 46.7 Å². The first kappa shape index (κ1) is 14.1. The fourth-order valence-electron chi connectivity index (χ4n) is 3.20.